The van der Waals surface area contributed by atoms with Crippen LogP contribution in [-0.4, -0.2) is 16.9 Å². The van der Waals surface area contributed by atoms with Crippen molar-refractivity contribution in [2.75, 3.05) is 0 Å². The summed E-state index contributed by atoms with van der Waals surface area (Å²) in [6.07, 6.45) is 9.88. The molecule has 8 atom stereocenters. The van der Waals surface area contributed by atoms with Crippen LogP contribution >= 0.6 is 0 Å². The van der Waals surface area contributed by atoms with E-state index in [-0.39, 0.29) is 11.5 Å². The Morgan fingerprint density at radius 1 is 1.04 bits per heavy atom. The van der Waals surface area contributed by atoms with Gasteiger partial charge in [0.1, 0.15) is 0 Å². The molecule has 130 valence electrons. The third-order valence-corrected chi connectivity index (χ3v) is 8.95. The van der Waals surface area contributed by atoms with E-state index in [2.05, 4.69) is 25.9 Å². The van der Waals surface area contributed by atoms with E-state index in [0.29, 0.717) is 11.3 Å². The van der Waals surface area contributed by atoms with Crippen LogP contribution in [0.3, 0.4) is 0 Å². The van der Waals surface area contributed by atoms with Gasteiger partial charge in [-0.1, -0.05) is 20.8 Å². The Morgan fingerprint density at radius 2 is 1.78 bits per heavy atom. The van der Waals surface area contributed by atoms with Gasteiger partial charge in [0.2, 0.25) is 0 Å². The van der Waals surface area contributed by atoms with Crippen LogP contribution in [0.1, 0.15) is 72.1 Å². The van der Waals surface area contributed by atoms with Gasteiger partial charge < -0.3 is 10.9 Å². The first-order valence-electron chi connectivity index (χ1n) is 9.85. The van der Waals surface area contributed by atoms with E-state index < -0.39 is 0 Å². The fourth-order valence-electron chi connectivity index (χ4n) is 7.57. The van der Waals surface area contributed by atoms with Crippen molar-refractivity contribution in [3.05, 3.63) is 0 Å². The maximum atomic E-state index is 10.5. The molecule has 0 aromatic heterocycles. The molecule has 0 amide bonds. The second kappa shape index (κ2) is 5.21. The number of hydrazone groups is 1. The monoisotopic (exact) mass is 318 g/mol. The smallest absolute Gasteiger partial charge is 0.0596 e. The van der Waals surface area contributed by atoms with Gasteiger partial charge in [-0.15, -0.1) is 0 Å². The van der Waals surface area contributed by atoms with E-state index in [9.17, 15) is 5.11 Å². The van der Waals surface area contributed by atoms with E-state index in [0.717, 1.165) is 36.5 Å². The van der Waals surface area contributed by atoms with Gasteiger partial charge in [0.05, 0.1) is 6.10 Å². The maximum absolute atomic E-state index is 10.5. The summed E-state index contributed by atoms with van der Waals surface area (Å²) in [6, 6.07) is 0. The van der Waals surface area contributed by atoms with Gasteiger partial charge in [-0.2, -0.15) is 5.10 Å². The largest absolute Gasteiger partial charge is 0.393 e. The first kappa shape index (κ1) is 15.9. The van der Waals surface area contributed by atoms with Crippen LogP contribution in [0, 0.1) is 40.4 Å². The zero-order chi connectivity index (χ0) is 16.4. The predicted molar refractivity (Wildman–Crippen MR) is 93.9 cm³/mol. The Labute approximate surface area is 141 Å². The van der Waals surface area contributed by atoms with E-state index in [1.165, 1.54) is 44.2 Å². The summed E-state index contributed by atoms with van der Waals surface area (Å²) in [5.41, 5.74) is 1.92. The average Bonchev–Trinajstić information content (AvgIpc) is 2.82. The third kappa shape index (κ3) is 2.08. The topological polar surface area (TPSA) is 58.6 Å². The quantitative estimate of drug-likeness (QED) is 0.525. The van der Waals surface area contributed by atoms with E-state index in [1.807, 2.05) is 0 Å². The van der Waals surface area contributed by atoms with Crippen molar-refractivity contribution in [1.82, 2.24) is 0 Å². The van der Waals surface area contributed by atoms with Crippen LogP contribution in [-0.2, 0) is 0 Å². The zero-order valence-electron chi connectivity index (χ0n) is 15.1. The van der Waals surface area contributed by atoms with Gasteiger partial charge in [0.25, 0.3) is 0 Å². The first-order valence-corrected chi connectivity index (χ1v) is 9.85. The van der Waals surface area contributed by atoms with Gasteiger partial charge in [-0.05, 0) is 91.8 Å². The van der Waals surface area contributed by atoms with Crippen molar-refractivity contribution >= 4 is 5.71 Å². The Balaban J connectivity index is 1.63. The van der Waals surface area contributed by atoms with Crippen LogP contribution in [0.15, 0.2) is 5.10 Å². The highest BCUT2D eigenvalue weighted by atomic mass is 16.3. The number of hydrogen-bond acceptors (Lipinski definition) is 3. The van der Waals surface area contributed by atoms with Gasteiger partial charge in [-0.3, -0.25) is 0 Å². The first-order chi connectivity index (χ1) is 10.9. The van der Waals surface area contributed by atoms with E-state index in [4.69, 9.17) is 5.84 Å². The molecule has 0 aromatic carbocycles. The number of nitrogens with zero attached hydrogens (tertiary/aromatic N) is 1. The van der Waals surface area contributed by atoms with Gasteiger partial charge in [0, 0.05) is 5.71 Å². The van der Waals surface area contributed by atoms with Crippen LogP contribution in [0.2, 0.25) is 0 Å². The lowest BCUT2D eigenvalue weighted by molar-refractivity contribution is -0.116. The van der Waals surface area contributed by atoms with Crippen LogP contribution in [0.5, 0.6) is 0 Å². The molecular weight excluding hydrogens is 284 g/mol. The summed E-state index contributed by atoms with van der Waals surface area (Å²) in [5, 5.41) is 14.7. The molecule has 0 radical (unpaired) electrons. The summed E-state index contributed by atoms with van der Waals surface area (Å²) in [4.78, 5) is 0. The summed E-state index contributed by atoms with van der Waals surface area (Å²) < 4.78 is 0. The fourth-order valence-corrected chi connectivity index (χ4v) is 7.57. The highest BCUT2D eigenvalue weighted by Crippen LogP contribution is 2.66. The number of aliphatic hydroxyl groups excluding tert-OH is 1. The maximum Gasteiger partial charge on any atom is 0.0596 e. The molecule has 4 rings (SSSR count). The van der Waals surface area contributed by atoms with Crippen LogP contribution in [0.25, 0.3) is 0 Å². The van der Waals surface area contributed by atoms with Crippen molar-refractivity contribution in [3.63, 3.8) is 0 Å². The van der Waals surface area contributed by atoms with Crippen molar-refractivity contribution in [3.8, 4) is 0 Å². The van der Waals surface area contributed by atoms with Crippen molar-refractivity contribution in [1.29, 1.82) is 0 Å². The minimum Gasteiger partial charge on any atom is -0.393 e. The molecule has 0 bridgehead atoms. The van der Waals surface area contributed by atoms with Gasteiger partial charge in [-0.25, -0.2) is 0 Å². The molecule has 3 N–H and O–H groups in total. The standard InChI is InChI=1S/C20H34N2O/c1-12-11-20(3)13(10-17(12)22-21)4-5-14-15-6-7-18(23)19(15,2)9-8-16(14)20/h12-16,18,23H,4-11,21H2,1-3H3/b22-17-/t12?,13?,14-,15-,16-,18-,19-,20-/m0/s1. The molecule has 2 unspecified atom stereocenters. The lowest BCUT2D eigenvalue weighted by atomic mass is 9.44. The molecule has 0 saturated heterocycles. The Bertz CT molecular complexity index is 518. The lowest BCUT2D eigenvalue weighted by Gasteiger charge is -2.61. The molecule has 4 fully saturated rings. The highest BCUT2D eigenvalue weighted by Gasteiger charge is 2.60. The predicted octanol–water partition coefficient (Wildman–Crippen LogP) is 3.95. The molecule has 0 aliphatic heterocycles. The molecule has 0 spiro atoms. The molecule has 4 saturated carbocycles. The van der Waals surface area contributed by atoms with Crippen molar-refractivity contribution < 1.29 is 5.11 Å². The molecular formula is C20H34N2O. The fraction of sp³-hybridized carbons (Fsp3) is 0.950. The SMILES string of the molecule is CC1C[C@@]2(C)C(CC[C@H]3[C@@H]4CC[C@H](O)[C@@]4(C)CC[C@@H]32)C/C1=N/N. The number of rotatable bonds is 0. The number of nitrogens with two attached hydrogens (primary N) is 1. The number of aliphatic hydroxyl groups is 1. The zero-order valence-corrected chi connectivity index (χ0v) is 15.1. The van der Waals surface area contributed by atoms with Crippen LogP contribution < -0.4 is 5.84 Å². The second-order valence-corrected chi connectivity index (χ2v) is 9.72. The highest BCUT2D eigenvalue weighted by molar-refractivity contribution is 5.87. The normalized spacial score (nSPS) is 57.7. The molecule has 23 heavy (non-hydrogen) atoms. The van der Waals surface area contributed by atoms with Gasteiger partial charge >= 0.3 is 0 Å². The minimum absolute atomic E-state index is 0.0553. The van der Waals surface area contributed by atoms with Gasteiger partial charge in [0.15, 0.2) is 0 Å². The van der Waals surface area contributed by atoms with Crippen LogP contribution in [0.4, 0.5) is 0 Å². The molecule has 4 aliphatic rings. The second-order valence-electron chi connectivity index (χ2n) is 9.72. The summed E-state index contributed by atoms with van der Waals surface area (Å²) in [5.74, 6) is 9.43. The van der Waals surface area contributed by atoms with Crippen molar-refractivity contribution in [2.45, 2.75) is 78.2 Å². The molecule has 3 nitrogen and oxygen atoms in total. The summed E-state index contributed by atoms with van der Waals surface area (Å²) in [6.45, 7) is 7.28. The average molecular weight is 319 g/mol. The third-order valence-electron chi connectivity index (χ3n) is 8.95. The summed E-state index contributed by atoms with van der Waals surface area (Å²) >= 11 is 0. The Morgan fingerprint density at radius 3 is 2.52 bits per heavy atom. The molecule has 4 aliphatic carbocycles. The van der Waals surface area contributed by atoms with E-state index in [1.54, 1.807) is 0 Å². The molecule has 0 heterocycles. The Kier molecular flexibility index (Phi) is 3.61. The Hall–Kier alpha value is -0.570. The number of hydrogen-bond donors (Lipinski definition) is 2. The summed E-state index contributed by atoms with van der Waals surface area (Å²) in [7, 11) is 0. The molecule has 0 aromatic rings. The minimum atomic E-state index is -0.0553. The van der Waals surface area contributed by atoms with E-state index >= 15 is 0 Å². The number of fused-ring (bicyclic) bond motifs is 5. The molecule has 3 heteroatoms. The lowest BCUT2D eigenvalue weighted by Crippen LogP contribution is -2.55. The van der Waals surface area contributed by atoms with Crippen molar-refractivity contribution in [2.24, 2.45) is 51.4 Å².